The molecule has 2 fully saturated rings. The predicted molar refractivity (Wildman–Crippen MR) is 169 cm³/mol. The number of ketones is 1. The highest BCUT2D eigenvalue weighted by molar-refractivity contribution is 5.87. The molecule has 236 valence electrons. The second-order valence-corrected chi connectivity index (χ2v) is 12.7. The number of fused-ring (bicyclic) bond motifs is 1. The zero-order valence-corrected chi connectivity index (χ0v) is 26.1. The highest BCUT2D eigenvalue weighted by Crippen LogP contribution is 2.49. The van der Waals surface area contributed by atoms with Crippen LogP contribution in [0.15, 0.2) is 54.6 Å². The lowest BCUT2D eigenvalue weighted by Crippen LogP contribution is -2.41. The van der Waals surface area contributed by atoms with Crippen molar-refractivity contribution in [2.45, 2.75) is 64.8 Å². The van der Waals surface area contributed by atoms with Gasteiger partial charge in [0, 0.05) is 24.4 Å². The molecule has 2 N–H and O–H groups in total. The summed E-state index contributed by atoms with van der Waals surface area (Å²) in [6.07, 6.45) is 4.66. The van der Waals surface area contributed by atoms with E-state index in [1.807, 2.05) is 24.0 Å². The topological polar surface area (TPSA) is 113 Å². The molecule has 45 heavy (non-hydrogen) atoms. The third-order valence-corrected chi connectivity index (χ3v) is 10.3. The molecule has 0 amide bonds. The minimum absolute atomic E-state index is 0.0650. The number of nitrogens with zero attached hydrogens (tertiary/aromatic N) is 1. The Labute approximate surface area is 264 Å². The lowest BCUT2D eigenvalue weighted by atomic mass is 9.67. The highest BCUT2D eigenvalue weighted by atomic mass is 16.7. The van der Waals surface area contributed by atoms with E-state index in [2.05, 4.69) is 32.0 Å². The number of hydrogen-bond donors (Lipinski definition) is 2. The Morgan fingerprint density at radius 1 is 0.911 bits per heavy atom. The van der Waals surface area contributed by atoms with E-state index in [-0.39, 0.29) is 36.5 Å². The van der Waals surface area contributed by atoms with Gasteiger partial charge in [-0.2, -0.15) is 0 Å². The first-order chi connectivity index (χ1) is 21.7. The first kappa shape index (κ1) is 30.8. The summed E-state index contributed by atoms with van der Waals surface area (Å²) in [6, 6.07) is 16.1. The average Bonchev–Trinajstić information content (AvgIpc) is 3.64. The quantitative estimate of drug-likeness (QED) is 0.263. The highest BCUT2D eigenvalue weighted by Gasteiger charge is 2.49. The van der Waals surface area contributed by atoms with E-state index < -0.39 is 29.8 Å². The molecule has 8 nitrogen and oxygen atoms in total. The number of aliphatic carboxylic acids is 1. The zero-order valence-electron chi connectivity index (χ0n) is 26.1. The minimum atomic E-state index is -1.05. The molecule has 0 radical (unpaired) electrons. The number of likely N-dealkylation sites (tertiary alicyclic amines) is 1. The van der Waals surface area contributed by atoms with Crippen molar-refractivity contribution in [1.82, 2.24) is 4.90 Å². The van der Waals surface area contributed by atoms with E-state index in [0.717, 1.165) is 43.2 Å². The van der Waals surface area contributed by atoms with Gasteiger partial charge in [-0.1, -0.05) is 50.2 Å². The van der Waals surface area contributed by atoms with Crippen molar-refractivity contribution in [1.29, 1.82) is 0 Å². The fraction of sp³-hybridized carbons (Fsp3) is 0.432. The number of benzene rings is 3. The summed E-state index contributed by atoms with van der Waals surface area (Å²) in [5.74, 6) is -1.64. The van der Waals surface area contributed by atoms with E-state index in [0.29, 0.717) is 23.6 Å². The summed E-state index contributed by atoms with van der Waals surface area (Å²) in [7, 11) is 0. The van der Waals surface area contributed by atoms with Gasteiger partial charge < -0.3 is 19.7 Å². The van der Waals surface area contributed by atoms with Gasteiger partial charge >= 0.3 is 11.9 Å². The molecule has 1 saturated carbocycles. The average molecular weight is 612 g/mol. The van der Waals surface area contributed by atoms with Crippen LogP contribution in [0.25, 0.3) is 0 Å². The van der Waals surface area contributed by atoms with Crippen molar-refractivity contribution in [3.8, 4) is 11.5 Å². The second kappa shape index (κ2) is 12.7. The van der Waals surface area contributed by atoms with Gasteiger partial charge in [0.05, 0.1) is 18.0 Å². The summed E-state index contributed by atoms with van der Waals surface area (Å²) in [5.41, 5.74) is 6.60. The molecule has 3 aromatic carbocycles. The van der Waals surface area contributed by atoms with Gasteiger partial charge in [-0.3, -0.25) is 14.5 Å². The summed E-state index contributed by atoms with van der Waals surface area (Å²) in [5, 5.41) is 20.1. The Morgan fingerprint density at radius 3 is 2.22 bits per heavy atom. The van der Waals surface area contributed by atoms with Crippen LogP contribution in [0.1, 0.15) is 82.4 Å². The Balaban J connectivity index is 1.30. The maximum Gasteiger partial charge on any atom is 0.335 e. The fourth-order valence-electron chi connectivity index (χ4n) is 7.81. The molecule has 8 heteroatoms. The van der Waals surface area contributed by atoms with Crippen molar-refractivity contribution in [2.75, 3.05) is 19.9 Å². The van der Waals surface area contributed by atoms with Crippen molar-refractivity contribution >= 4 is 17.7 Å². The van der Waals surface area contributed by atoms with Gasteiger partial charge in [0.2, 0.25) is 6.79 Å². The molecule has 6 rings (SSSR count). The van der Waals surface area contributed by atoms with Gasteiger partial charge in [0.25, 0.3) is 0 Å². The number of hydrogen-bond acceptors (Lipinski definition) is 6. The van der Waals surface area contributed by atoms with Crippen molar-refractivity contribution in [2.24, 2.45) is 17.8 Å². The predicted octanol–water partition coefficient (Wildman–Crippen LogP) is 6.23. The van der Waals surface area contributed by atoms with Crippen LogP contribution >= 0.6 is 0 Å². The molecule has 2 heterocycles. The Bertz CT molecular complexity index is 1590. The third-order valence-electron chi connectivity index (χ3n) is 10.3. The van der Waals surface area contributed by atoms with Gasteiger partial charge in [0.1, 0.15) is 5.78 Å². The van der Waals surface area contributed by atoms with E-state index in [1.54, 1.807) is 12.1 Å². The lowest BCUT2D eigenvalue weighted by molar-refractivity contribution is -0.143. The van der Waals surface area contributed by atoms with E-state index in [1.165, 1.54) is 28.8 Å². The number of carbonyl (C=O) groups excluding carboxylic acids is 1. The number of aromatic carboxylic acids is 1. The van der Waals surface area contributed by atoms with Crippen LogP contribution < -0.4 is 9.47 Å². The molecule has 2 aliphatic heterocycles. The van der Waals surface area contributed by atoms with Gasteiger partial charge in [-0.05, 0) is 96.5 Å². The molecule has 2 unspecified atom stereocenters. The Morgan fingerprint density at radius 2 is 1.62 bits per heavy atom. The molecular weight excluding hydrogens is 570 g/mol. The van der Waals surface area contributed by atoms with Gasteiger partial charge in [-0.15, -0.1) is 0 Å². The summed E-state index contributed by atoms with van der Waals surface area (Å²) in [6.45, 7) is 6.92. The third kappa shape index (κ3) is 5.84. The van der Waals surface area contributed by atoms with Crippen LogP contribution in [0.5, 0.6) is 11.5 Å². The normalized spacial score (nSPS) is 23.9. The first-order valence-corrected chi connectivity index (χ1v) is 16.0. The molecule has 3 aromatic rings. The van der Waals surface area contributed by atoms with Gasteiger partial charge in [0.15, 0.2) is 11.5 Å². The van der Waals surface area contributed by atoms with Crippen molar-refractivity contribution in [3.05, 3.63) is 93.5 Å². The number of carboxylic acids is 2. The van der Waals surface area contributed by atoms with Crippen LogP contribution in [0, 0.1) is 24.7 Å². The number of aryl methyl sites for hydroxylation is 3. The molecule has 0 bridgehead atoms. The minimum Gasteiger partial charge on any atom is -0.481 e. The lowest BCUT2D eigenvalue weighted by Gasteiger charge is -2.38. The second-order valence-electron chi connectivity index (χ2n) is 12.7. The molecular formula is C37H41NO7. The number of carbonyl (C=O) groups is 3. The van der Waals surface area contributed by atoms with Crippen LogP contribution in [0.2, 0.25) is 0 Å². The molecule has 0 aromatic heterocycles. The number of rotatable bonds is 11. The van der Waals surface area contributed by atoms with E-state index in [4.69, 9.17) is 9.47 Å². The van der Waals surface area contributed by atoms with E-state index in [9.17, 15) is 24.6 Å². The first-order valence-electron chi connectivity index (χ1n) is 16.0. The maximum atomic E-state index is 14.0. The number of ether oxygens (including phenoxy) is 2. The van der Waals surface area contributed by atoms with Gasteiger partial charge in [-0.25, -0.2) is 4.79 Å². The summed E-state index contributed by atoms with van der Waals surface area (Å²) < 4.78 is 11.3. The Kier molecular flexibility index (Phi) is 8.69. The van der Waals surface area contributed by atoms with Crippen LogP contribution in [-0.2, 0) is 28.9 Å². The number of Topliss-reactive ketones (excluding diaryl/α,β-unsaturated/α-hetero) is 1. The smallest absolute Gasteiger partial charge is 0.335 e. The summed E-state index contributed by atoms with van der Waals surface area (Å²) in [4.78, 5) is 40.6. The van der Waals surface area contributed by atoms with E-state index >= 15 is 0 Å². The standard InChI is InChI=1S/C37H41NO7/c1-4-22-7-6-8-23(5-2)29(22)16-26-13-14-28(26)31(39)19-38-18-30(27-15-21(3)35-32(17-27)44-20-45-35)33(37(42)43)34(38)24-9-11-25(12-10-24)36(40)41/h6-12,15,17,26,28,30,33-34H,4-5,13-14,16,18-20H2,1-3H3,(H,40,41)(H,42,43)/t26?,28?,30-,33-,34+/m1/s1. The number of carboxylic acid groups (broad SMARTS) is 2. The van der Waals surface area contributed by atoms with Crippen molar-refractivity contribution < 1.29 is 34.1 Å². The van der Waals surface area contributed by atoms with Crippen LogP contribution in [0.4, 0.5) is 0 Å². The molecule has 1 aliphatic carbocycles. The molecule has 3 aliphatic rings. The molecule has 5 atom stereocenters. The maximum absolute atomic E-state index is 14.0. The largest absolute Gasteiger partial charge is 0.481 e. The monoisotopic (exact) mass is 611 g/mol. The molecule has 0 spiro atoms. The summed E-state index contributed by atoms with van der Waals surface area (Å²) >= 11 is 0. The fourth-order valence-corrected chi connectivity index (χ4v) is 7.81. The zero-order chi connectivity index (χ0) is 31.8. The molecule has 1 saturated heterocycles. The van der Waals surface area contributed by atoms with Crippen molar-refractivity contribution in [3.63, 3.8) is 0 Å². The van der Waals surface area contributed by atoms with Crippen LogP contribution in [-0.4, -0.2) is 52.7 Å². The van der Waals surface area contributed by atoms with Crippen LogP contribution in [0.3, 0.4) is 0 Å². The Hall–Kier alpha value is -4.17. The SMILES string of the molecule is CCc1cccc(CC)c1CC1CCC1C(=O)CN1C[C@H](c2cc(C)c3c(c2)OCO3)[C@@H](C(=O)O)[C@@H]1c1ccc(C(=O)O)cc1.